The lowest BCUT2D eigenvalue weighted by Crippen LogP contribution is -2.27. The van der Waals surface area contributed by atoms with Crippen LogP contribution < -0.4 is 4.74 Å². The Labute approximate surface area is 111 Å². The number of hydrogen-bond acceptors (Lipinski definition) is 5. The van der Waals surface area contributed by atoms with Crippen molar-refractivity contribution in [3.05, 3.63) is 36.9 Å². The van der Waals surface area contributed by atoms with E-state index in [9.17, 15) is 4.79 Å². The van der Waals surface area contributed by atoms with Gasteiger partial charge in [-0.25, -0.2) is 4.79 Å². The standard InChI is InChI=1S/C13H16O4S/c1-3-13(15)17-11(8-14)9-16-10-4-6-12(18-2)7-5-10/h3-7,11,14H,1,8-9H2,2H3/t11-/m0/s1. The zero-order valence-corrected chi connectivity index (χ0v) is 11.0. The Morgan fingerprint density at radius 3 is 2.67 bits per heavy atom. The topological polar surface area (TPSA) is 55.8 Å². The number of rotatable bonds is 7. The van der Waals surface area contributed by atoms with Crippen LogP contribution in [0.2, 0.25) is 0 Å². The summed E-state index contributed by atoms with van der Waals surface area (Å²) >= 11 is 1.64. The number of esters is 1. The van der Waals surface area contributed by atoms with E-state index in [-0.39, 0.29) is 13.2 Å². The van der Waals surface area contributed by atoms with E-state index in [1.165, 1.54) is 0 Å². The van der Waals surface area contributed by atoms with E-state index in [1.807, 2.05) is 30.5 Å². The fourth-order valence-electron chi connectivity index (χ4n) is 1.20. The van der Waals surface area contributed by atoms with Crippen LogP contribution in [-0.2, 0) is 9.53 Å². The van der Waals surface area contributed by atoms with Gasteiger partial charge in [-0.05, 0) is 30.5 Å². The van der Waals surface area contributed by atoms with Gasteiger partial charge in [0, 0.05) is 11.0 Å². The molecule has 0 saturated carbocycles. The molecular formula is C13H16O4S. The number of thioether (sulfide) groups is 1. The maximum absolute atomic E-state index is 11.0. The fourth-order valence-corrected chi connectivity index (χ4v) is 1.61. The third-order valence-electron chi connectivity index (χ3n) is 2.15. The van der Waals surface area contributed by atoms with Crippen LogP contribution in [0.15, 0.2) is 41.8 Å². The molecule has 0 radical (unpaired) electrons. The first-order valence-corrected chi connectivity index (χ1v) is 6.62. The monoisotopic (exact) mass is 268 g/mol. The van der Waals surface area contributed by atoms with E-state index in [0.717, 1.165) is 11.0 Å². The SMILES string of the molecule is C=CC(=O)O[C@@H](CO)COc1ccc(SC)cc1. The normalized spacial score (nSPS) is 11.7. The van der Waals surface area contributed by atoms with Crippen LogP contribution in [0, 0.1) is 0 Å². The van der Waals surface area contributed by atoms with Gasteiger partial charge in [-0.2, -0.15) is 0 Å². The summed E-state index contributed by atoms with van der Waals surface area (Å²) in [6.45, 7) is 3.10. The van der Waals surface area contributed by atoms with E-state index in [2.05, 4.69) is 6.58 Å². The van der Waals surface area contributed by atoms with Crippen LogP contribution >= 0.6 is 11.8 Å². The maximum atomic E-state index is 11.0. The van der Waals surface area contributed by atoms with Crippen molar-refractivity contribution < 1.29 is 19.4 Å². The third-order valence-corrected chi connectivity index (χ3v) is 2.89. The lowest BCUT2D eigenvalue weighted by molar-refractivity contribution is -0.146. The molecule has 0 heterocycles. The van der Waals surface area contributed by atoms with Gasteiger partial charge < -0.3 is 14.6 Å². The van der Waals surface area contributed by atoms with E-state index >= 15 is 0 Å². The summed E-state index contributed by atoms with van der Waals surface area (Å²) in [6.07, 6.45) is 2.36. The van der Waals surface area contributed by atoms with Crippen molar-refractivity contribution >= 4 is 17.7 Å². The molecule has 5 heteroatoms. The fraction of sp³-hybridized carbons (Fsp3) is 0.308. The van der Waals surface area contributed by atoms with E-state index in [4.69, 9.17) is 14.6 Å². The van der Waals surface area contributed by atoms with Gasteiger partial charge in [0.25, 0.3) is 0 Å². The molecule has 1 rings (SSSR count). The number of hydrogen-bond donors (Lipinski definition) is 1. The summed E-state index contributed by atoms with van der Waals surface area (Å²) in [5, 5.41) is 9.04. The smallest absolute Gasteiger partial charge is 0.330 e. The van der Waals surface area contributed by atoms with Crippen molar-refractivity contribution in [1.82, 2.24) is 0 Å². The van der Waals surface area contributed by atoms with E-state index in [0.29, 0.717) is 5.75 Å². The molecule has 1 atom stereocenters. The molecule has 98 valence electrons. The summed E-state index contributed by atoms with van der Waals surface area (Å²) in [4.78, 5) is 12.1. The van der Waals surface area contributed by atoms with Crippen molar-refractivity contribution in [2.45, 2.75) is 11.0 Å². The van der Waals surface area contributed by atoms with Crippen LogP contribution in [0.4, 0.5) is 0 Å². The van der Waals surface area contributed by atoms with Gasteiger partial charge in [0.05, 0.1) is 6.61 Å². The number of benzene rings is 1. The number of carbonyl (C=O) groups is 1. The number of ether oxygens (including phenoxy) is 2. The van der Waals surface area contributed by atoms with Crippen LogP contribution in [0.25, 0.3) is 0 Å². The van der Waals surface area contributed by atoms with Crippen molar-refractivity contribution in [1.29, 1.82) is 0 Å². The quantitative estimate of drug-likeness (QED) is 0.465. The second-order valence-corrected chi connectivity index (χ2v) is 4.31. The van der Waals surface area contributed by atoms with Gasteiger partial charge in [-0.15, -0.1) is 11.8 Å². The molecule has 1 aromatic rings. The van der Waals surface area contributed by atoms with Gasteiger partial charge in [0.2, 0.25) is 0 Å². The van der Waals surface area contributed by atoms with Crippen LogP contribution in [-0.4, -0.2) is 36.6 Å². The van der Waals surface area contributed by atoms with Gasteiger partial charge in [-0.1, -0.05) is 6.58 Å². The largest absolute Gasteiger partial charge is 0.490 e. The number of carbonyl (C=O) groups excluding carboxylic acids is 1. The minimum absolute atomic E-state index is 0.106. The molecule has 0 amide bonds. The molecule has 0 fully saturated rings. The van der Waals surface area contributed by atoms with Crippen LogP contribution in [0.3, 0.4) is 0 Å². The van der Waals surface area contributed by atoms with Crippen molar-refractivity contribution in [3.63, 3.8) is 0 Å². The molecule has 1 aromatic carbocycles. The highest BCUT2D eigenvalue weighted by molar-refractivity contribution is 7.98. The molecule has 0 saturated heterocycles. The van der Waals surface area contributed by atoms with E-state index < -0.39 is 12.1 Å². The lowest BCUT2D eigenvalue weighted by Gasteiger charge is -2.15. The minimum Gasteiger partial charge on any atom is -0.490 e. The van der Waals surface area contributed by atoms with Crippen molar-refractivity contribution in [2.24, 2.45) is 0 Å². The predicted octanol–water partition coefficient (Wildman–Crippen LogP) is 1.88. The molecule has 4 nitrogen and oxygen atoms in total. The molecular weight excluding hydrogens is 252 g/mol. The third kappa shape index (κ3) is 4.81. The first-order chi connectivity index (χ1) is 8.69. The predicted molar refractivity (Wildman–Crippen MR) is 70.9 cm³/mol. The molecule has 0 bridgehead atoms. The Morgan fingerprint density at radius 2 is 2.17 bits per heavy atom. The Kier molecular flexibility index (Phi) is 6.32. The van der Waals surface area contributed by atoms with Gasteiger partial charge >= 0.3 is 5.97 Å². The highest BCUT2D eigenvalue weighted by Gasteiger charge is 2.12. The molecule has 18 heavy (non-hydrogen) atoms. The van der Waals surface area contributed by atoms with Crippen LogP contribution in [0.1, 0.15) is 0 Å². The van der Waals surface area contributed by atoms with Gasteiger partial charge in [0.1, 0.15) is 12.4 Å². The molecule has 0 unspecified atom stereocenters. The maximum Gasteiger partial charge on any atom is 0.330 e. The van der Waals surface area contributed by atoms with Crippen LogP contribution in [0.5, 0.6) is 5.75 Å². The van der Waals surface area contributed by atoms with Gasteiger partial charge in [-0.3, -0.25) is 0 Å². The zero-order chi connectivity index (χ0) is 13.4. The first-order valence-electron chi connectivity index (χ1n) is 5.40. The average Bonchev–Trinajstić information content (AvgIpc) is 2.43. The minimum atomic E-state index is -0.685. The summed E-state index contributed by atoms with van der Waals surface area (Å²) in [5.74, 6) is 0.0938. The first kappa shape index (κ1) is 14.6. The van der Waals surface area contributed by atoms with Crippen molar-refractivity contribution in [2.75, 3.05) is 19.5 Å². The molecule has 0 spiro atoms. The van der Waals surface area contributed by atoms with Crippen molar-refractivity contribution in [3.8, 4) is 5.75 Å². The van der Waals surface area contributed by atoms with E-state index in [1.54, 1.807) is 11.8 Å². The Morgan fingerprint density at radius 1 is 1.50 bits per heavy atom. The molecule has 0 aliphatic rings. The lowest BCUT2D eigenvalue weighted by atomic mass is 10.3. The van der Waals surface area contributed by atoms with Gasteiger partial charge in [0.15, 0.2) is 6.10 Å². The number of aliphatic hydroxyl groups is 1. The molecule has 1 N–H and O–H groups in total. The summed E-state index contributed by atoms with van der Waals surface area (Å²) in [7, 11) is 0. The Balaban J connectivity index is 2.46. The highest BCUT2D eigenvalue weighted by atomic mass is 32.2. The molecule has 0 aliphatic carbocycles. The summed E-state index contributed by atoms with van der Waals surface area (Å²) in [6, 6.07) is 7.53. The highest BCUT2D eigenvalue weighted by Crippen LogP contribution is 2.19. The Hall–Kier alpha value is -1.46. The number of aliphatic hydroxyl groups excluding tert-OH is 1. The second kappa shape index (κ2) is 7.79. The second-order valence-electron chi connectivity index (χ2n) is 3.43. The molecule has 0 aliphatic heterocycles. The average molecular weight is 268 g/mol. The summed E-state index contributed by atoms with van der Waals surface area (Å²) < 4.78 is 10.3. The Bertz CT molecular complexity index is 388. The zero-order valence-electron chi connectivity index (χ0n) is 10.2. The molecule has 0 aromatic heterocycles. The summed E-state index contributed by atoms with van der Waals surface area (Å²) in [5.41, 5.74) is 0.